The molecule has 2 nitrogen and oxygen atoms in total. The lowest BCUT2D eigenvalue weighted by Crippen LogP contribution is -2.03. The minimum absolute atomic E-state index is 0.00230. The van der Waals surface area contributed by atoms with Crippen molar-refractivity contribution in [3.8, 4) is 0 Å². The van der Waals surface area contributed by atoms with Gasteiger partial charge >= 0.3 is 0 Å². The number of hydrogen-bond donors (Lipinski definition) is 1. The summed E-state index contributed by atoms with van der Waals surface area (Å²) in [5.41, 5.74) is 1.72. The van der Waals surface area contributed by atoms with Crippen molar-refractivity contribution in [1.29, 1.82) is 0 Å². The van der Waals surface area contributed by atoms with E-state index in [9.17, 15) is 4.39 Å². The summed E-state index contributed by atoms with van der Waals surface area (Å²) in [4.78, 5) is 0. The van der Waals surface area contributed by atoms with Crippen LogP contribution in [0, 0.1) is 5.82 Å². The molecule has 0 saturated heterocycles. The Morgan fingerprint density at radius 3 is 2.80 bits per heavy atom. The van der Waals surface area contributed by atoms with Gasteiger partial charge in [0.1, 0.15) is 5.82 Å². The van der Waals surface area contributed by atoms with Gasteiger partial charge in [-0.15, -0.1) is 0 Å². The zero-order valence-electron chi connectivity index (χ0n) is 8.23. The molecule has 2 aromatic rings. The minimum Gasteiger partial charge on any atom is -0.390 e. The van der Waals surface area contributed by atoms with Gasteiger partial charge in [0, 0.05) is 18.4 Å². The second-order valence-electron chi connectivity index (χ2n) is 3.42. The van der Waals surface area contributed by atoms with Gasteiger partial charge in [0.25, 0.3) is 0 Å². The fraction of sp³-hybridized carbons (Fsp3) is 0.167. The van der Waals surface area contributed by atoms with E-state index in [0.717, 1.165) is 11.3 Å². The third kappa shape index (κ3) is 2.25. The summed E-state index contributed by atoms with van der Waals surface area (Å²) in [5.74, 6) is -0.231. The predicted octanol–water partition coefficient (Wildman–Crippen LogP) is 2.17. The van der Waals surface area contributed by atoms with Crippen LogP contribution < -0.4 is 0 Å². The molecule has 0 unspecified atom stereocenters. The highest BCUT2D eigenvalue weighted by atomic mass is 19.1. The van der Waals surface area contributed by atoms with Crippen molar-refractivity contribution >= 4 is 0 Å². The average molecular weight is 205 g/mol. The molecule has 15 heavy (non-hydrogen) atoms. The summed E-state index contributed by atoms with van der Waals surface area (Å²) in [5, 5.41) is 9.05. The Balaban J connectivity index is 2.22. The summed E-state index contributed by atoms with van der Waals surface area (Å²) in [6, 6.07) is 10.2. The van der Waals surface area contributed by atoms with Gasteiger partial charge < -0.3 is 9.67 Å². The van der Waals surface area contributed by atoms with E-state index in [2.05, 4.69) is 0 Å². The summed E-state index contributed by atoms with van der Waals surface area (Å²) in [6.07, 6.45) is 1.87. The second kappa shape index (κ2) is 4.28. The highest BCUT2D eigenvalue weighted by molar-refractivity contribution is 5.18. The van der Waals surface area contributed by atoms with Crippen molar-refractivity contribution in [3.05, 3.63) is 59.7 Å². The maximum absolute atomic E-state index is 12.9. The molecular weight excluding hydrogens is 193 g/mol. The van der Waals surface area contributed by atoms with Gasteiger partial charge in [0.05, 0.1) is 6.61 Å². The molecule has 0 fully saturated rings. The number of benzene rings is 1. The first-order valence-electron chi connectivity index (χ1n) is 4.79. The van der Waals surface area contributed by atoms with Crippen molar-refractivity contribution in [1.82, 2.24) is 4.57 Å². The van der Waals surface area contributed by atoms with Crippen LogP contribution in [-0.4, -0.2) is 9.67 Å². The van der Waals surface area contributed by atoms with Gasteiger partial charge in [-0.3, -0.25) is 0 Å². The van der Waals surface area contributed by atoms with Crippen LogP contribution in [0.15, 0.2) is 42.6 Å². The first kappa shape index (κ1) is 9.93. The molecule has 0 aliphatic heterocycles. The SMILES string of the molecule is OCc1cccn1Cc1cccc(F)c1. The van der Waals surface area contributed by atoms with Gasteiger partial charge in [0.15, 0.2) is 0 Å². The van der Waals surface area contributed by atoms with Crippen molar-refractivity contribution in [3.63, 3.8) is 0 Å². The van der Waals surface area contributed by atoms with Crippen molar-refractivity contribution in [2.75, 3.05) is 0 Å². The molecule has 0 saturated carbocycles. The number of nitrogens with zero attached hydrogens (tertiary/aromatic N) is 1. The van der Waals surface area contributed by atoms with E-state index >= 15 is 0 Å². The average Bonchev–Trinajstić information content (AvgIpc) is 2.65. The van der Waals surface area contributed by atoms with Crippen LogP contribution in [0.1, 0.15) is 11.3 Å². The Morgan fingerprint density at radius 2 is 2.07 bits per heavy atom. The Hall–Kier alpha value is -1.61. The Bertz CT molecular complexity index is 450. The van der Waals surface area contributed by atoms with Gasteiger partial charge in [0.2, 0.25) is 0 Å². The van der Waals surface area contributed by atoms with Crippen molar-refractivity contribution < 1.29 is 9.50 Å². The molecule has 0 bridgehead atoms. The predicted molar refractivity (Wildman–Crippen MR) is 55.9 cm³/mol. The fourth-order valence-electron chi connectivity index (χ4n) is 1.58. The lowest BCUT2D eigenvalue weighted by molar-refractivity contribution is 0.271. The van der Waals surface area contributed by atoms with Crippen LogP contribution in [0.25, 0.3) is 0 Å². The second-order valence-corrected chi connectivity index (χ2v) is 3.42. The number of aliphatic hydroxyl groups excluding tert-OH is 1. The molecule has 0 aliphatic rings. The molecule has 0 spiro atoms. The highest BCUT2D eigenvalue weighted by Gasteiger charge is 2.01. The van der Waals surface area contributed by atoms with Gasteiger partial charge in [-0.05, 0) is 29.8 Å². The Kier molecular flexibility index (Phi) is 2.83. The molecular formula is C12H12FNO. The normalized spacial score (nSPS) is 10.5. The number of aromatic nitrogens is 1. The number of hydrogen-bond acceptors (Lipinski definition) is 1. The largest absolute Gasteiger partial charge is 0.390 e. The molecule has 0 aliphatic carbocycles. The van der Waals surface area contributed by atoms with Gasteiger partial charge in [-0.1, -0.05) is 12.1 Å². The Morgan fingerprint density at radius 1 is 1.20 bits per heavy atom. The smallest absolute Gasteiger partial charge is 0.123 e. The molecule has 0 atom stereocenters. The van der Waals surface area contributed by atoms with E-state index in [1.165, 1.54) is 12.1 Å². The number of rotatable bonds is 3. The quantitative estimate of drug-likeness (QED) is 0.816. The van der Waals surface area contributed by atoms with E-state index in [0.29, 0.717) is 6.54 Å². The molecule has 1 aromatic carbocycles. The molecule has 0 radical (unpaired) electrons. The molecule has 2 rings (SSSR count). The first-order valence-corrected chi connectivity index (χ1v) is 4.79. The maximum Gasteiger partial charge on any atom is 0.123 e. The van der Waals surface area contributed by atoms with Gasteiger partial charge in [-0.2, -0.15) is 0 Å². The molecule has 1 heterocycles. The van der Waals surface area contributed by atoms with Crippen molar-refractivity contribution in [2.24, 2.45) is 0 Å². The summed E-state index contributed by atoms with van der Waals surface area (Å²) < 4.78 is 14.8. The van der Waals surface area contributed by atoms with Crippen molar-refractivity contribution in [2.45, 2.75) is 13.2 Å². The van der Waals surface area contributed by atoms with Crippen LogP contribution in [0.2, 0.25) is 0 Å². The summed E-state index contributed by atoms with van der Waals surface area (Å²) in [7, 11) is 0. The zero-order valence-corrected chi connectivity index (χ0v) is 8.23. The first-order chi connectivity index (χ1) is 7.29. The lowest BCUT2D eigenvalue weighted by atomic mass is 10.2. The third-order valence-electron chi connectivity index (χ3n) is 2.33. The summed E-state index contributed by atoms with van der Waals surface area (Å²) in [6.45, 7) is 0.586. The van der Waals surface area contributed by atoms with E-state index in [1.807, 2.05) is 29.0 Å². The minimum atomic E-state index is -0.231. The summed E-state index contributed by atoms with van der Waals surface area (Å²) >= 11 is 0. The van der Waals surface area contributed by atoms with E-state index in [1.54, 1.807) is 6.07 Å². The van der Waals surface area contributed by atoms with Gasteiger partial charge in [-0.25, -0.2) is 4.39 Å². The Labute approximate surface area is 87.6 Å². The standard InChI is InChI=1S/C12H12FNO/c13-11-4-1-3-10(7-11)8-14-6-2-5-12(14)9-15/h1-7,15H,8-9H2. The molecule has 1 N–H and O–H groups in total. The monoisotopic (exact) mass is 205 g/mol. The molecule has 1 aromatic heterocycles. The molecule has 0 amide bonds. The van der Waals surface area contributed by atoms with E-state index < -0.39 is 0 Å². The number of aliphatic hydroxyl groups is 1. The third-order valence-corrected chi connectivity index (χ3v) is 2.33. The number of halogens is 1. The zero-order chi connectivity index (χ0) is 10.7. The maximum atomic E-state index is 12.9. The van der Waals surface area contributed by atoms with Crippen LogP contribution in [0.5, 0.6) is 0 Å². The van der Waals surface area contributed by atoms with E-state index in [-0.39, 0.29) is 12.4 Å². The lowest BCUT2D eigenvalue weighted by Gasteiger charge is -2.07. The van der Waals surface area contributed by atoms with Crippen LogP contribution in [-0.2, 0) is 13.2 Å². The highest BCUT2D eigenvalue weighted by Crippen LogP contribution is 2.09. The molecule has 3 heteroatoms. The topological polar surface area (TPSA) is 25.2 Å². The fourth-order valence-corrected chi connectivity index (χ4v) is 1.58. The van der Waals surface area contributed by atoms with E-state index in [4.69, 9.17) is 5.11 Å². The van der Waals surface area contributed by atoms with Crippen LogP contribution >= 0.6 is 0 Å². The van der Waals surface area contributed by atoms with Crippen LogP contribution in [0.4, 0.5) is 4.39 Å². The molecule has 78 valence electrons. The van der Waals surface area contributed by atoms with Crippen LogP contribution in [0.3, 0.4) is 0 Å².